The number of likely N-dealkylation sites (N-methyl/N-ethyl adjacent to an activating group) is 2. The Bertz CT molecular complexity index is 323. The molecule has 0 saturated heterocycles. The average molecular weight is 296 g/mol. The molecular weight excluding hydrogens is 272 g/mol. The standard InChI is InChI=1S/C7H4F4.C5H14N2.C2H6/c8-6-3-1-2-5(4-6)7(9,10)11;1-3-7-5-4-6-2;1-2/h1-4H;6-7H,3-5H2,1-2H3;1-2H3. The molecule has 0 amide bonds. The lowest BCUT2D eigenvalue weighted by Crippen LogP contribution is -2.24. The van der Waals surface area contributed by atoms with Gasteiger partial charge in [-0.25, -0.2) is 4.39 Å². The summed E-state index contributed by atoms with van der Waals surface area (Å²) in [6.07, 6.45) is -4.46. The molecule has 2 N–H and O–H groups in total. The summed E-state index contributed by atoms with van der Waals surface area (Å²) in [5.41, 5.74) is -0.961. The first-order valence-corrected chi connectivity index (χ1v) is 6.60. The number of hydrogen-bond acceptors (Lipinski definition) is 2. The summed E-state index contributed by atoms with van der Waals surface area (Å²) >= 11 is 0. The van der Waals surface area contributed by atoms with Crippen molar-refractivity contribution in [1.29, 1.82) is 0 Å². The molecule has 20 heavy (non-hydrogen) atoms. The predicted octanol–water partition coefficient (Wildman–Crippen LogP) is 3.69. The maximum Gasteiger partial charge on any atom is 0.416 e. The molecule has 0 saturated carbocycles. The molecule has 0 radical (unpaired) electrons. The molecule has 6 heteroatoms. The van der Waals surface area contributed by atoms with Crippen LogP contribution in [0.5, 0.6) is 0 Å². The molecule has 1 aromatic rings. The predicted molar refractivity (Wildman–Crippen MR) is 75.2 cm³/mol. The molecule has 0 unspecified atom stereocenters. The van der Waals surface area contributed by atoms with E-state index in [4.69, 9.17) is 0 Å². The van der Waals surface area contributed by atoms with Crippen LogP contribution in [-0.4, -0.2) is 26.7 Å². The summed E-state index contributed by atoms with van der Waals surface area (Å²) in [6.45, 7) is 9.32. The first-order chi connectivity index (χ1) is 9.41. The highest BCUT2D eigenvalue weighted by atomic mass is 19.4. The minimum Gasteiger partial charge on any atom is -0.318 e. The Hall–Kier alpha value is -1.14. The van der Waals surface area contributed by atoms with Gasteiger partial charge in [0.1, 0.15) is 5.82 Å². The maximum absolute atomic E-state index is 12.2. The van der Waals surface area contributed by atoms with Crippen molar-refractivity contribution in [1.82, 2.24) is 10.6 Å². The second-order valence-corrected chi connectivity index (χ2v) is 3.47. The van der Waals surface area contributed by atoms with Crippen molar-refractivity contribution in [3.63, 3.8) is 0 Å². The van der Waals surface area contributed by atoms with Gasteiger partial charge < -0.3 is 10.6 Å². The van der Waals surface area contributed by atoms with E-state index in [1.807, 2.05) is 20.9 Å². The molecule has 0 atom stereocenters. The topological polar surface area (TPSA) is 24.1 Å². The Balaban J connectivity index is 0. The molecule has 0 aliphatic carbocycles. The number of halogens is 4. The minimum absolute atomic E-state index is 0.458. The molecule has 2 nitrogen and oxygen atoms in total. The first-order valence-electron chi connectivity index (χ1n) is 6.60. The zero-order chi connectivity index (χ0) is 16.0. The number of alkyl halides is 3. The zero-order valence-corrected chi connectivity index (χ0v) is 12.4. The third-order valence-electron chi connectivity index (χ3n) is 1.95. The van der Waals surface area contributed by atoms with Crippen LogP contribution in [0.3, 0.4) is 0 Å². The molecule has 0 bridgehead atoms. The van der Waals surface area contributed by atoms with E-state index >= 15 is 0 Å². The molecule has 118 valence electrons. The average Bonchev–Trinajstić information content (AvgIpc) is 2.41. The molecule has 0 fully saturated rings. The first kappa shape index (κ1) is 21.2. The Labute approximate surface area is 118 Å². The molecular formula is C14H24F4N2. The van der Waals surface area contributed by atoms with Crippen LogP contribution in [0, 0.1) is 5.82 Å². The van der Waals surface area contributed by atoms with Gasteiger partial charge >= 0.3 is 6.18 Å². The van der Waals surface area contributed by atoms with E-state index in [1.165, 1.54) is 0 Å². The zero-order valence-electron chi connectivity index (χ0n) is 12.4. The SMILES string of the molecule is CC.CCNCCNC.Fc1cccc(C(F)(F)F)c1. The van der Waals surface area contributed by atoms with Crippen molar-refractivity contribution >= 4 is 0 Å². The lowest BCUT2D eigenvalue weighted by atomic mass is 10.2. The van der Waals surface area contributed by atoms with Crippen LogP contribution in [0.4, 0.5) is 17.6 Å². The molecule has 1 aromatic carbocycles. The monoisotopic (exact) mass is 296 g/mol. The van der Waals surface area contributed by atoms with Gasteiger partial charge in [0, 0.05) is 13.1 Å². The van der Waals surface area contributed by atoms with E-state index in [0.717, 1.165) is 37.8 Å². The van der Waals surface area contributed by atoms with Crippen LogP contribution in [-0.2, 0) is 6.18 Å². The number of benzene rings is 1. The van der Waals surface area contributed by atoms with Crippen molar-refractivity contribution in [3.05, 3.63) is 35.6 Å². The molecule has 0 aliphatic rings. The Morgan fingerprint density at radius 1 is 1.10 bits per heavy atom. The number of rotatable bonds is 4. The second kappa shape index (κ2) is 12.9. The Morgan fingerprint density at radius 3 is 2.05 bits per heavy atom. The smallest absolute Gasteiger partial charge is 0.318 e. The quantitative estimate of drug-likeness (QED) is 0.654. The normalized spacial score (nSPS) is 10.0. The van der Waals surface area contributed by atoms with Crippen molar-refractivity contribution in [2.24, 2.45) is 0 Å². The summed E-state index contributed by atoms with van der Waals surface area (Å²) in [6, 6.07) is 3.27. The van der Waals surface area contributed by atoms with E-state index in [9.17, 15) is 17.6 Å². The highest BCUT2D eigenvalue weighted by Gasteiger charge is 2.30. The van der Waals surface area contributed by atoms with E-state index in [0.29, 0.717) is 6.07 Å². The fourth-order valence-electron chi connectivity index (χ4n) is 1.05. The lowest BCUT2D eigenvalue weighted by Gasteiger charge is -2.04. The number of hydrogen-bond donors (Lipinski definition) is 2. The van der Waals surface area contributed by atoms with E-state index < -0.39 is 17.6 Å². The van der Waals surface area contributed by atoms with E-state index in [-0.39, 0.29) is 0 Å². The van der Waals surface area contributed by atoms with Crippen molar-refractivity contribution in [2.75, 3.05) is 26.7 Å². The molecule has 1 rings (SSSR count). The number of nitrogens with one attached hydrogen (secondary N) is 2. The highest BCUT2D eigenvalue weighted by molar-refractivity contribution is 5.18. The summed E-state index contributed by atoms with van der Waals surface area (Å²) < 4.78 is 47.6. The van der Waals surface area contributed by atoms with Crippen LogP contribution < -0.4 is 10.6 Å². The summed E-state index contributed by atoms with van der Waals surface area (Å²) in [7, 11) is 1.96. The van der Waals surface area contributed by atoms with Gasteiger partial charge in [-0.1, -0.05) is 26.8 Å². The summed E-state index contributed by atoms with van der Waals surface area (Å²) in [5, 5.41) is 6.23. The second-order valence-electron chi connectivity index (χ2n) is 3.47. The third kappa shape index (κ3) is 11.9. The van der Waals surface area contributed by atoms with Crippen LogP contribution in [0.15, 0.2) is 24.3 Å². The summed E-state index contributed by atoms with van der Waals surface area (Å²) in [5.74, 6) is -0.875. The van der Waals surface area contributed by atoms with E-state index in [2.05, 4.69) is 17.6 Å². The van der Waals surface area contributed by atoms with Gasteiger partial charge in [-0.3, -0.25) is 0 Å². The fraction of sp³-hybridized carbons (Fsp3) is 0.571. The molecule has 0 heterocycles. The fourth-order valence-corrected chi connectivity index (χ4v) is 1.05. The van der Waals surface area contributed by atoms with Crippen molar-refractivity contribution < 1.29 is 17.6 Å². The van der Waals surface area contributed by atoms with Gasteiger partial charge in [0.05, 0.1) is 5.56 Å². The molecule has 0 aliphatic heterocycles. The largest absolute Gasteiger partial charge is 0.416 e. The van der Waals surface area contributed by atoms with Gasteiger partial charge in [-0.15, -0.1) is 0 Å². The Kier molecular flexibility index (Phi) is 13.6. The minimum atomic E-state index is -4.46. The molecule has 0 spiro atoms. The summed E-state index contributed by atoms with van der Waals surface area (Å²) in [4.78, 5) is 0. The molecule has 0 aromatic heterocycles. The van der Waals surface area contributed by atoms with Gasteiger partial charge in [0.2, 0.25) is 0 Å². The maximum atomic E-state index is 12.2. The third-order valence-corrected chi connectivity index (χ3v) is 1.95. The van der Waals surface area contributed by atoms with Crippen LogP contribution in [0.2, 0.25) is 0 Å². The lowest BCUT2D eigenvalue weighted by molar-refractivity contribution is -0.137. The van der Waals surface area contributed by atoms with Crippen LogP contribution >= 0.6 is 0 Å². The van der Waals surface area contributed by atoms with Gasteiger partial charge in [0.15, 0.2) is 0 Å². The van der Waals surface area contributed by atoms with E-state index in [1.54, 1.807) is 0 Å². The van der Waals surface area contributed by atoms with Crippen LogP contribution in [0.1, 0.15) is 26.3 Å². The highest BCUT2D eigenvalue weighted by Crippen LogP contribution is 2.28. The van der Waals surface area contributed by atoms with Gasteiger partial charge in [0.25, 0.3) is 0 Å². The Morgan fingerprint density at radius 2 is 1.70 bits per heavy atom. The van der Waals surface area contributed by atoms with Gasteiger partial charge in [-0.05, 0) is 31.8 Å². The van der Waals surface area contributed by atoms with Crippen molar-refractivity contribution in [3.8, 4) is 0 Å². The van der Waals surface area contributed by atoms with Crippen LogP contribution in [0.25, 0.3) is 0 Å². The van der Waals surface area contributed by atoms with Gasteiger partial charge in [-0.2, -0.15) is 13.2 Å². The van der Waals surface area contributed by atoms with Crippen molar-refractivity contribution in [2.45, 2.75) is 26.9 Å².